The van der Waals surface area contributed by atoms with E-state index in [1.165, 1.54) is 16.8 Å². The van der Waals surface area contributed by atoms with E-state index in [1.807, 2.05) is 0 Å². The molecule has 1 aromatic carbocycles. The Bertz CT molecular complexity index is 871. The van der Waals surface area contributed by atoms with Crippen LogP contribution in [0.25, 0.3) is 0 Å². The highest BCUT2D eigenvalue weighted by Gasteiger charge is 2.32. The molecule has 0 unspecified atom stereocenters. The topological polar surface area (TPSA) is 92.0 Å². The van der Waals surface area contributed by atoms with Gasteiger partial charge in [0.1, 0.15) is 5.76 Å². The van der Waals surface area contributed by atoms with Crippen LogP contribution >= 0.6 is 15.9 Å². The summed E-state index contributed by atoms with van der Waals surface area (Å²) in [5, 5.41) is 3.86. The van der Waals surface area contributed by atoms with Crippen molar-refractivity contribution in [2.45, 2.75) is 17.7 Å². The van der Waals surface area contributed by atoms with Crippen molar-refractivity contribution in [3.05, 3.63) is 52.9 Å². The largest absolute Gasteiger partial charge is 0.463 e. The number of halogens is 1. The van der Waals surface area contributed by atoms with Crippen molar-refractivity contribution in [2.24, 2.45) is 11.0 Å². The summed E-state index contributed by atoms with van der Waals surface area (Å²) >= 11 is 3.29. The molecule has 2 aromatic rings. The van der Waals surface area contributed by atoms with Crippen LogP contribution in [0.2, 0.25) is 0 Å². The summed E-state index contributed by atoms with van der Waals surface area (Å²) < 4.78 is 32.6. The van der Waals surface area contributed by atoms with Crippen molar-refractivity contribution in [2.75, 3.05) is 13.1 Å². The molecule has 0 radical (unpaired) electrons. The molecule has 1 aromatic heterocycles. The number of nitrogens with one attached hydrogen (secondary N) is 1. The molecular weight excluding hydrogens is 422 g/mol. The molecule has 1 aliphatic rings. The fourth-order valence-electron chi connectivity index (χ4n) is 2.73. The Labute approximate surface area is 160 Å². The second-order valence-electron chi connectivity index (χ2n) is 5.88. The highest BCUT2D eigenvalue weighted by Crippen LogP contribution is 2.24. The summed E-state index contributed by atoms with van der Waals surface area (Å²) in [6.07, 6.45) is 3.85. The quantitative estimate of drug-likeness (QED) is 0.572. The molecule has 1 saturated heterocycles. The van der Waals surface area contributed by atoms with Crippen LogP contribution in [-0.4, -0.2) is 37.9 Å². The molecule has 0 bridgehead atoms. The van der Waals surface area contributed by atoms with Gasteiger partial charge in [-0.25, -0.2) is 13.8 Å². The van der Waals surface area contributed by atoms with E-state index in [1.54, 1.807) is 36.4 Å². The average Bonchev–Trinajstić information content (AvgIpc) is 3.15. The highest BCUT2D eigenvalue weighted by molar-refractivity contribution is 9.10. The van der Waals surface area contributed by atoms with Gasteiger partial charge >= 0.3 is 0 Å². The van der Waals surface area contributed by atoms with Crippen molar-refractivity contribution < 1.29 is 17.6 Å². The molecule has 1 aliphatic heterocycles. The lowest BCUT2D eigenvalue weighted by Crippen LogP contribution is -2.42. The van der Waals surface area contributed by atoms with Crippen LogP contribution in [0.3, 0.4) is 0 Å². The van der Waals surface area contributed by atoms with Gasteiger partial charge in [-0.1, -0.05) is 15.9 Å². The van der Waals surface area contributed by atoms with Crippen LogP contribution < -0.4 is 5.43 Å². The lowest BCUT2D eigenvalue weighted by Gasteiger charge is -2.30. The lowest BCUT2D eigenvalue weighted by atomic mass is 9.98. The van der Waals surface area contributed by atoms with Crippen molar-refractivity contribution in [1.82, 2.24) is 9.73 Å². The summed E-state index contributed by atoms with van der Waals surface area (Å²) in [6.45, 7) is 0.608. The Morgan fingerprint density at radius 2 is 1.92 bits per heavy atom. The average molecular weight is 440 g/mol. The van der Waals surface area contributed by atoms with Crippen LogP contribution in [0, 0.1) is 5.92 Å². The summed E-state index contributed by atoms with van der Waals surface area (Å²) in [6, 6.07) is 9.99. The molecule has 1 fully saturated rings. The van der Waals surface area contributed by atoms with Gasteiger partial charge in [0.15, 0.2) is 0 Å². The van der Waals surface area contributed by atoms with Gasteiger partial charge in [0.05, 0.1) is 17.4 Å². The zero-order chi connectivity index (χ0) is 18.6. The van der Waals surface area contributed by atoms with Crippen molar-refractivity contribution >= 4 is 38.1 Å². The van der Waals surface area contributed by atoms with Crippen LogP contribution in [-0.2, 0) is 14.8 Å². The smallest absolute Gasteiger partial charge is 0.243 e. The number of hydrogen-bond acceptors (Lipinski definition) is 5. The molecule has 0 atom stereocenters. The summed E-state index contributed by atoms with van der Waals surface area (Å²) in [4.78, 5) is 12.4. The van der Waals surface area contributed by atoms with Gasteiger partial charge in [0, 0.05) is 23.5 Å². The van der Waals surface area contributed by atoms with Crippen molar-refractivity contribution in [1.29, 1.82) is 0 Å². The van der Waals surface area contributed by atoms with Gasteiger partial charge in [-0.2, -0.15) is 9.41 Å². The number of furan rings is 1. The van der Waals surface area contributed by atoms with E-state index >= 15 is 0 Å². The van der Waals surface area contributed by atoms with Gasteiger partial charge in [-0.05, 0) is 49.2 Å². The third-order valence-electron chi connectivity index (χ3n) is 4.19. The maximum atomic E-state index is 12.7. The van der Waals surface area contributed by atoms with E-state index in [4.69, 9.17) is 4.42 Å². The first-order valence-electron chi connectivity index (χ1n) is 8.09. The zero-order valence-corrected chi connectivity index (χ0v) is 16.2. The van der Waals surface area contributed by atoms with Gasteiger partial charge in [0.25, 0.3) is 0 Å². The highest BCUT2D eigenvalue weighted by atomic mass is 79.9. The lowest BCUT2D eigenvalue weighted by molar-refractivity contribution is -0.126. The number of piperidine rings is 1. The van der Waals surface area contributed by atoms with Crippen LogP contribution in [0.4, 0.5) is 0 Å². The molecule has 9 heteroatoms. The van der Waals surface area contributed by atoms with Crippen molar-refractivity contribution in [3.8, 4) is 0 Å². The standard InChI is InChI=1S/C17H18BrN3O4S/c18-14-3-5-16(6-4-14)26(23,24)21-9-7-13(8-10-21)17(22)20-19-12-15-2-1-11-25-15/h1-6,11-13H,7-10H2,(H,20,22)/b19-12-. The predicted octanol–water partition coefficient (Wildman–Crippen LogP) is 2.59. The minimum atomic E-state index is -3.54. The van der Waals surface area contributed by atoms with Gasteiger partial charge in [0.2, 0.25) is 15.9 Å². The Balaban J connectivity index is 1.55. The number of amides is 1. The van der Waals surface area contributed by atoms with Gasteiger partial charge in [-0.3, -0.25) is 4.79 Å². The number of hydrazone groups is 1. The zero-order valence-electron chi connectivity index (χ0n) is 13.8. The first-order chi connectivity index (χ1) is 12.5. The molecule has 26 heavy (non-hydrogen) atoms. The Morgan fingerprint density at radius 3 is 2.54 bits per heavy atom. The molecule has 1 amide bonds. The van der Waals surface area contributed by atoms with Crippen LogP contribution in [0.15, 0.2) is 61.5 Å². The van der Waals surface area contributed by atoms with E-state index in [0.29, 0.717) is 31.7 Å². The second kappa shape index (κ2) is 8.15. The number of carbonyl (C=O) groups is 1. The number of nitrogens with zero attached hydrogens (tertiary/aromatic N) is 2. The van der Waals surface area contributed by atoms with E-state index in [2.05, 4.69) is 26.5 Å². The number of carbonyl (C=O) groups excluding carboxylic acids is 1. The first kappa shape index (κ1) is 18.8. The summed E-state index contributed by atoms with van der Waals surface area (Å²) in [5.41, 5.74) is 2.48. The maximum absolute atomic E-state index is 12.7. The minimum Gasteiger partial charge on any atom is -0.463 e. The molecule has 1 N–H and O–H groups in total. The number of rotatable bonds is 5. The van der Waals surface area contributed by atoms with E-state index in [9.17, 15) is 13.2 Å². The summed E-state index contributed by atoms with van der Waals surface area (Å²) in [7, 11) is -3.54. The maximum Gasteiger partial charge on any atom is 0.243 e. The van der Waals surface area contributed by atoms with E-state index in [0.717, 1.165) is 4.47 Å². The van der Waals surface area contributed by atoms with Crippen LogP contribution in [0.1, 0.15) is 18.6 Å². The minimum absolute atomic E-state index is 0.214. The molecule has 0 aliphatic carbocycles. The molecule has 138 valence electrons. The summed E-state index contributed by atoms with van der Waals surface area (Å²) in [5.74, 6) is 0.0642. The van der Waals surface area contributed by atoms with E-state index < -0.39 is 10.0 Å². The van der Waals surface area contributed by atoms with Gasteiger partial charge < -0.3 is 4.42 Å². The predicted molar refractivity (Wildman–Crippen MR) is 100 cm³/mol. The molecule has 7 nitrogen and oxygen atoms in total. The molecular formula is C17H18BrN3O4S. The van der Waals surface area contributed by atoms with Crippen LogP contribution in [0.5, 0.6) is 0 Å². The number of benzene rings is 1. The first-order valence-corrected chi connectivity index (χ1v) is 10.3. The monoisotopic (exact) mass is 439 g/mol. The van der Waals surface area contributed by atoms with Crippen molar-refractivity contribution in [3.63, 3.8) is 0 Å². The van der Waals surface area contributed by atoms with Gasteiger partial charge in [-0.15, -0.1) is 0 Å². The Morgan fingerprint density at radius 1 is 1.23 bits per heavy atom. The molecule has 0 saturated carbocycles. The second-order valence-corrected chi connectivity index (χ2v) is 8.74. The van der Waals surface area contributed by atoms with E-state index in [-0.39, 0.29) is 16.7 Å². The molecule has 0 spiro atoms. The number of hydrogen-bond donors (Lipinski definition) is 1. The Hall–Kier alpha value is -1.97. The fraction of sp³-hybridized carbons (Fsp3) is 0.294. The third-order valence-corrected chi connectivity index (χ3v) is 6.63. The third kappa shape index (κ3) is 4.40. The molecule has 3 rings (SSSR count). The fourth-order valence-corrected chi connectivity index (χ4v) is 4.46. The normalized spacial score (nSPS) is 16.8. The molecule has 2 heterocycles. The SMILES string of the molecule is O=C(N/N=C\c1ccco1)C1CCN(S(=O)(=O)c2ccc(Br)cc2)CC1. The number of sulfonamides is 1. The Kier molecular flexibility index (Phi) is 5.90.